The SMILES string of the molecule is CNC(=O)c1cn[nH]c1C1CCCN1Cc1coc(C)n1. The number of hydrogen-bond acceptors (Lipinski definition) is 5. The summed E-state index contributed by atoms with van der Waals surface area (Å²) in [6, 6.07) is 0.164. The van der Waals surface area contributed by atoms with E-state index in [-0.39, 0.29) is 11.9 Å². The van der Waals surface area contributed by atoms with E-state index in [0.717, 1.165) is 30.8 Å². The van der Waals surface area contributed by atoms with Crippen LogP contribution in [0.5, 0.6) is 0 Å². The summed E-state index contributed by atoms with van der Waals surface area (Å²) in [6.45, 7) is 3.53. The lowest BCUT2D eigenvalue weighted by molar-refractivity contribution is 0.0960. The van der Waals surface area contributed by atoms with Crippen molar-refractivity contribution in [1.82, 2.24) is 25.4 Å². The maximum absolute atomic E-state index is 11.9. The van der Waals surface area contributed by atoms with Crippen molar-refractivity contribution < 1.29 is 9.21 Å². The lowest BCUT2D eigenvalue weighted by atomic mass is 10.1. The summed E-state index contributed by atoms with van der Waals surface area (Å²) >= 11 is 0. The summed E-state index contributed by atoms with van der Waals surface area (Å²) in [4.78, 5) is 18.6. The van der Waals surface area contributed by atoms with Gasteiger partial charge in [-0.05, 0) is 19.4 Å². The van der Waals surface area contributed by atoms with Crippen LogP contribution in [-0.4, -0.2) is 39.6 Å². The highest BCUT2D eigenvalue weighted by molar-refractivity contribution is 5.95. The second-order valence-corrected chi connectivity index (χ2v) is 5.26. The second-order valence-electron chi connectivity index (χ2n) is 5.26. The molecule has 2 N–H and O–H groups in total. The Morgan fingerprint density at radius 2 is 2.48 bits per heavy atom. The number of likely N-dealkylation sites (tertiary alicyclic amines) is 1. The maximum atomic E-state index is 11.9. The molecule has 0 spiro atoms. The first-order valence-electron chi connectivity index (χ1n) is 7.09. The molecule has 3 rings (SSSR count). The zero-order valence-electron chi connectivity index (χ0n) is 12.2. The predicted octanol–water partition coefficient (Wildman–Crippen LogP) is 1.40. The number of carbonyl (C=O) groups is 1. The second kappa shape index (κ2) is 5.69. The number of nitrogens with one attached hydrogen (secondary N) is 2. The molecule has 2 aromatic rings. The van der Waals surface area contributed by atoms with Crippen molar-refractivity contribution >= 4 is 5.91 Å². The summed E-state index contributed by atoms with van der Waals surface area (Å²) < 4.78 is 5.26. The molecule has 1 fully saturated rings. The van der Waals surface area contributed by atoms with Crippen molar-refractivity contribution in [2.24, 2.45) is 0 Å². The molecule has 0 aromatic carbocycles. The van der Waals surface area contributed by atoms with Crippen LogP contribution >= 0.6 is 0 Å². The van der Waals surface area contributed by atoms with Gasteiger partial charge in [-0.1, -0.05) is 0 Å². The topological polar surface area (TPSA) is 87.0 Å². The first-order valence-corrected chi connectivity index (χ1v) is 7.09. The average Bonchev–Trinajstić information content (AvgIpc) is 3.18. The molecule has 3 heterocycles. The quantitative estimate of drug-likeness (QED) is 0.888. The smallest absolute Gasteiger partial charge is 0.254 e. The first-order chi connectivity index (χ1) is 10.2. The molecule has 0 radical (unpaired) electrons. The van der Waals surface area contributed by atoms with Gasteiger partial charge < -0.3 is 9.73 Å². The molecule has 1 amide bonds. The number of oxazole rings is 1. The maximum Gasteiger partial charge on any atom is 0.254 e. The van der Waals surface area contributed by atoms with Crippen LogP contribution < -0.4 is 5.32 Å². The van der Waals surface area contributed by atoms with E-state index < -0.39 is 0 Å². The van der Waals surface area contributed by atoms with E-state index in [2.05, 4.69) is 25.4 Å². The Balaban J connectivity index is 1.81. The lowest BCUT2D eigenvalue weighted by Crippen LogP contribution is -2.26. The number of nitrogens with zero attached hydrogens (tertiary/aromatic N) is 3. The fourth-order valence-electron chi connectivity index (χ4n) is 2.90. The fraction of sp³-hybridized carbons (Fsp3) is 0.500. The van der Waals surface area contributed by atoms with Gasteiger partial charge in [-0.3, -0.25) is 14.8 Å². The standard InChI is InChI=1S/C14H19N5O2/c1-9-17-10(8-21-9)7-19-5-3-4-12(19)13-11(6-16-18-13)14(20)15-2/h6,8,12H,3-5,7H2,1-2H3,(H,15,20)(H,16,18). The molecule has 21 heavy (non-hydrogen) atoms. The van der Waals surface area contributed by atoms with E-state index in [9.17, 15) is 4.79 Å². The number of aromatic nitrogens is 3. The summed E-state index contributed by atoms with van der Waals surface area (Å²) in [5.74, 6) is 0.566. The highest BCUT2D eigenvalue weighted by Gasteiger charge is 2.31. The van der Waals surface area contributed by atoms with Gasteiger partial charge in [0, 0.05) is 20.5 Å². The molecule has 1 atom stereocenters. The number of amides is 1. The Hall–Kier alpha value is -2.15. The molecule has 0 aliphatic carbocycles. The minimum absolute atomic E-state index is 0.108. The fourth-order valence-corrected chi connectivity index (χ4v) is 2.90. The molecule has 1 unspecified atom stereocenters. The molecule has 2 aromatic heterocycles. The van der Waals surface area contributed by atoms with Crippen LogP contribution in [0.3, 0.4) is 0 Å². The minimum atomic E-state index is -0.108. The van der Waals surface area contributed by atoms with Crippen molar-refractivity contribution in [3.63, 3.8) is 0 Å². The molecule has 112 valence electrons. The minimum Gasteiger partial charge on any atom is -0.449 e. The molecule has 1 aliphatic rings. The van der Waals surface area contributed by atoms with Crippen molar-refractivity contribution in [1.29, 1.82) is 0 Å². The molecular weight excluding hydrogens is 270 g/mol. The Morgan fingerprint density at radius 3 is 3.19 bits per heavy atom. The molecule has 0 saturated carbocycles. The molecule has 0 bridgehead atoms. The number of aromatic amines is 1. The zero-order valence-corrected chi connectivity index (χ0v) is 12.2. The monoisotopic (exact) mass is 289 g/mol. The van der Waals surface area contributed by atoms with Gasteiger partial charge in [0.2, 0.25) is 0 Å². The normalized spacial score (nSPS) is 19.0. The first kappa shape index (κ1) is 13.8. The van der Waals surface area contributed by atoms with Crippen molar-refractivity contribution in [2.45, 2.75) is 32.4 Å². The van der Waals surface area contributed by atoms with Crippen LogP contribution in [0.2, 0.25) is 0 Å². The van der Waals surface area contributed by atoms with E-state index >= 15 is 0 Å². The van der Waals surface area contributed by atoms with Crippen LogP contribution in [0.25, 0.3) is 0 Å². The molecule has 7 heteroatoms. The number of rotatable bonds is 4. The van der Waals surface area contributed by atoms with E-state index in [1.165, 1.54) is 0 Å². The largest absolute Gasteiger partial charge is 0.449 e. The van der Waals surface area contributed by atoms with Gasteiger partial charge in [0.25, 0.3) is 5.91 Å². The van der Waals surface area contributed by atoms with Crippen LogP contribution in [-0.2, 0) is 6.54 Å². The van der Waals surface area contributed by atoms with E-state index in [1.807, 2.05) is 6.92 Å². The number of aryl methyl sites for hydroxylation is 1. The third-order valence-electron chi connectivity index (χ3n) is 3.87. The van der Waals surface area contributed by atoms with Crippen LogP contribution in [0.15, 0.2) is 16.9 Å². The van der Waals surface area contributed by atoms with Crippen LogP contribution in [0.4, 0.5) is 0 Å². The van der Waals surface area contributed by atoms with Gasteiger partial charge in [-0.2, -0.15) is 5.10 Å². The van der Waals surface area contributed by atoms with Crippen LogP contribution in [0, 0.1) is 6.92 Å². The van der Waals surface area contributed by atoms with E-state index in [4.69, 9.17) is 4.42 Å². The molecular formula is C14H19N5O2. The Bertz CT molecular complexity index is 633. The highest BCUT2D eigenvalue weighted by Crippen LogP contribution is 2.33. The van der Waals surface area contributed by atoms with E-state index in [0.29, 0.717) is 18.0 Å². The van der Waals surface area contributed by atoms with Gasteiger partial charge in [0.15, 0.2) is 5.89 Å². The summed E-state index contributed by atoms with van der Waals surface area (Å²) in [7, 11) is 1.63. The van der Waals surface area contributed by atoms with Gasteiger partial charge in [0.1, 0.15) is 6.26 Å². The van der Waals surface area contributed by atoms with Crippen molar-refractivity contribution in [3.05, 3.63) is 35.3 Å². The number of H-pyrrole nitrogens is 1. The van der Waals surface area contributed by atoms with Gasteiger partial charge >= 0.3 is 0 Å². The van der Waals surface area contributed by atoms with Crippen molar-refractivity contribution in [2.75, 3.05) is 13.6 Å². The summed E-state index contributed by atoms with van der Waals surface area (Å²) in [5, 5.41) is 9.68. The predicted molar refractivity (Wildman–Crippen MR) is 75.6 cm³/mol. The summed E-state index contributed by atoms with van der Waals surface area (Å²) in [5.41, 5.74) is 2.42. The zero-order chi connectivity index (χ0) is 14.8. The molecule has 1 aliphatic heterocycles. The number of hydrogen-bond donors (Lipinski definition) is 2. The molecule has 1 saturated heterocycles. The lowest BCUT2D eigenvalue weighted by Gasteiger charge is -2.23. The number of carbonyl (C=O) groups excluding carboxylic acids is 1. The van der Waals surface area contributed by atoms with Gasteiger partial charge in [0.05, 0.1) is 29.2 Å². The van der Waals surface area contributed by atoms with Crippen LogP contribution in [0.1, 0.15) is 46.5 Å². The third-order valence-corrected chi connectivity index (χ3v) is 3.87. The highest BCUT2D eigenvalue weighted by atomic mass is 16.3. The van der Waals surface area contributed by atoms with Gasteiger partial charge in [-0.15, -0.1) is 0 Å². The average molecular weight is 289 g/mol. The summed E-state index contributed by atoms with van der Waals surface area (Å²) in [6.07, 6.45) is 5.37. The third kappa shape index (κ3) is 2.69. The Kier molecular flexibility index (Phi) is 3.74. The van der Waals surface area contributed by atoms with Gasteiger partial charge in [-0.25, -0.2) is 4.98 Å². The Labute approximate surface area is 122 Å². The molecule has 7 nitrogen and oxygen atoms in total. The van der Waals surface area contributed by atoms with Crippen molar-refractivity contribution in [3.8, 4) is 0 Å². The van der Waals surface area contributed by atoms with E-state index in [1.54, 1.807) is 19.5 Å². The Morgan fingerprint density at radius 1 is 1.62 bits per heavy atom.